The largest absolute Gasteiger partial charge is 0.486 e. The minimum atomic E-state index is -0.299. The zero-order valence-corrected chi connectivity index (χ0v) is 14.3. The van der Waals surface area contributed by atoms with Crippen molar-refractivity contribution < 1.29 is 18.7 Å². The predicted molar refractivity (Wildman–Crippen MR) is 94.6 cm³/mol. The Morgan fingerprint density at radius 3 is 2.80 bits per heavy atom. The molecule has 25 heavy (non-hydrogen) atoms. The van der Waals surface area contributed by atoms with Crippen LogP contribution in [0.25, 0.3) is 11.0 Å². The van der Waals surface area contributed by atoms with Crippen molar-refractivity contribution in [2.45, 2.75) is 13.0 Å². The molecule has 1 aliphatic heterocycles. The topological polar surface area (TPSA) is 60.7 Å². The molecule has 1 atom stereocenters. The number of furan rings is 1. The monoisotopic (exact) mass is 357 g/mol. The fraction of sp³-hybridized carbons (Fsp3) is 0.211. The van der Waals surface area contributed by atoms with E-state index in [2.05, 4.69) is 5.32 Å². The van der Waals surface area contributed by atoms with E-state index < -0.39 is 0 Å². The van der Waals surface area contributed by atoms with Crippen molar-refractivity contribution in [1.29, 1.82) is 0 Å². The molecular weight excluding hydrogens is 342 g/mol. The van der Waals surface area contributed by atoms with Gasteiger partial charge in [-0.2, -0.15) is 0 Å². The fourth-order valence-corrected chi connectivity index (χ4v) is 3.09. The molecule has 1 aliphatic rings. The van der Waals surface area contributed by atoms with E-state index in [9.17, 15) is 4.79 Å². The Morgan fingerprint density at radius 2 is 2.00 bits per heavy atom. The third-order valence-electron chi connectivity index (χ3n) is 4.18. The van der Waals surface area contributed by atoms with Gasteiger partial charge >= 0.3 is 0 Å². The van der Waals surface area contributed by atoms with Gasteiger partial charge in [0.15, 0.2) is 22.8 Å². The molecule has 5 nitrogen and oxygen atoms in total. The minimum absolute atomic E-state index is 0.257. The molecule has 0 bridgehead atoms. The van der Waals surface area contributed by atoms with Crippen LogP contribution in [0, 0.1) is 6.92 Å². The maximum atomic E-state index is 12.5. The number of aryl methyl sites for hydroxylation is 1. The van der Waals surface area contributed by atoms with Gasteiger partial charge in [0.1, 0.15) is 12.7 Å². The van der Waals surface area contributed by atoms with Gasteiger partial charge in [-0.05, 0) is 25.1 Å². The Bertz CT molecular complexity index is 950. The van der Waals surface area contributed by atoms with Crippen LogP contribution < -0.4 is 14.8 Å². The van der Waals surface area contributed by atoms with E-state index in [1.54, 1.807) is 6.07 Å². The maximum Gasteiger partial charge on any atom is 0.287 e. The molecule has 1 N–H and O–H groups in total. The van der Waals surface area contributed by atoms with Crippen molar-refractivity contribution >= 4 is 28.5 Å². The van der Waals surface area contributed by atoms with E-state index in [0.717, 1.165) is 10.9 Å². The van der Waals surface area contributed by atoms with Crippen LogP contribution in [-0.2, 0) is 0 Å². The van der Waals surface area contributed by atoms with E-state index >= 15 is 0 Å². The summed E-state index contributed by atoms with van der Waals surface area (Å²) in [6.45, 7) is 2.53. The van der Waals surface area contributed by atoms with E-state index in [-0.39, 0.29) is 17.8 Å². The van der Waals surface area contributed by atoms with Gasteiger partial charge in [-0.1, -0.05) is 35.9 Å². The minimum Gasteiger partial charge on any atom is -0.486 e. The van der Waals surface area contributed by atoms with Gasteiger partial charge in [0.2, 0.25) is 0 Å². The number of benzene rings is 2. The summed E-state index contributed by atoms with van der Waals surface area (Å²) in [6, 6.07) is 12.9. The van der Waals surface area contributed by atoms with Crippen LogP contribution in [0.2, 0.25) is 5.02 Å². The van der Waals surface area contributed by atoms with E-state index in [0.29, 0.717) is 35.3 Å². The number of amides is 1. The fourth-order valence-electron chi connectivity index (χ4n) is 2.88. The molecule has 0 saturated heterocycles. The molecule has 1 aromatic heterocycles. The number of rotatable bonds is 3. The summed E-state index contributed by atoms with van der Waals surface area (Å²) in [5.41, 5.74) is 1.29. The molecule has 2 heterocycles. The molecule has 128 valence electrons. The molecule has 3 aromatic rings. The Labute approximate surface area is 149 Å². The summed E-state index contributed by atoms with van der Waals surface area (Å²) >= 11 is 6.13. The number of carbonyl (C=O) groups is 1. The van der Waals surface area contributed by atoms with Gasteiger partial charge in [-0.3, -0.25) is 4.79 Å². The van der Waals surface area contributed by atoms with Crippen molar-refractivity contribution in [3.63, 3.8) is 0 Å². The highest BCUT2D eigenvalue weighted by Crippen LogP contribution is 2.32. The molecule has 2 aromatic carbocycles. The first-order chi connectivity index (χ1) is 12.1. The van der Waals surface area contributed by atoms with E-state index in [4.69, 9.17) is 25.5 Å². The molecule has 1 unspecified atom stereocenters. The van der Waals surface area contributed by atoms with Gasteiger partial charge < -0.3 is 19.2 Å². The normalized spacial score (nSPS) is 16.0. The molecule has 0 fully saturated rings. The lowest BCUT2D eigenvalue weighted by Crippen LogP contribution is -2.40. The van der Waals surface area contributed by atoms with Gasteiger partial charge in [0.25, 0.3) is 5.91 Å². The van der Waals surface area contributed by atoms with Gasteiger partial charge in [0, 0.05) is 10.9 Å². The SMILES string of the molecule is Cc1c(C(=O)NCC2COc3ccccc3O2)oc2c(Cl)cccc12. The number of fused-ring (bicyclic) bond motifs is 2. The van der Waals surface area contributed by atoms with Gasteiger partial charge in [-0.15, -0.1) is 0 Å². The van der Waals surface area contributed by atoms with Crippen molar-refractivity contribution in [2.24, 2.45) is 0 Å². The summed E-state index contributed by atoms with van der Waals surface area (Å²) in [4.78, 5) is 12.5. The molecule has 0 saturated carbocycles. The van der Waals surface area contributed by atoms with Crippen LogP contribution in [0.3, 0.4) is 0 Å². The Balaban J connectivity index is 1.47. The van der Waals surface area contributed by atoms with Crippen LogP contribution in [0.15, 0.2) is 46.9 Å². The van der Waals surface area contributed by atoms with Crippen LogP contribution in [0.4, 0.5) is 0 Å². The first-order valence-corrected chi connectivity index (χ1v) is 8.35. The van der Waals surface area contributed by atoms with E-state index in [1.165, 1.54) is 0 Å². The summed E-state index contributed by atoms with van der Waals surface area (Å²) in [6.07, 6.45) is -0.257. The number of nitrogens with one attached hydrogen (secondary N) is 1. The molecule has 1 amide bonds. The summed E-state index contributed by atoms with van der Waals surface area (Å²) < 4.78 is 17.2. The standard InChI is InChI=1S/C19H16ClNO4/c1-11-13-5-4-6-14(20)18(13)25-17(11)19(22)21-9-12-10-23-15-7-2-3-8-16(15)24-12/h2-8,12H,9-10H2,1H3,(H,21,22). The highest BCUT2D eigenvalue weighted by atomic mass is 35.5. The quantitative estimate of drug-likeness (QED) is 0.770. The highest BCUT2D eigenvalue weighted by molar-refractivity contribution is 6.35. The van der Waals surface area contributed by atoms with Crippen LogP contribution in [0.1, 0.15) is 16.1 Å². The lowest BCUT2D eigenvalue weighted by molar-refractivity contribution is 0.0774. The molecular formula is C19H16ClNO4. The summed E-state index contributed by atoms with van der Waals surface area (Å²) in [5.74, 6) is 1.36. The summed E-state index contributed by atoms with van der Waals surface area (Å²) in [7, 11) is 0. The van der Waals surface area contributed by atoms with Crippen molar-refractivity contribution in [3.05, 3.63) is 58.8 Å². The average molecular weight is 358 g/mol. The Morgan fingerprint density at radius 1 is 1.20 bits per heavy atom. The lowest BCUT2D eigenvalue weighted by Gasteiger charge is -2.26. The zero-order chi connectivity index (χ0) is 17.4. The number of hydrogen-bond donors (Lipinski definition) is 1. The second-order valence-corrected chi connectivity index (χ2v) is 6.29. The average Bonchev–Trinajstić information content (AvgIpc) is 2.98. The number of halogens is 1. The number of para-hydroxylation sites is 3. The number of hydrogen-bond acceptors (Lipinski definition) is 4. The second-order valence-electron chi connectivity index (χ2n) is 5.88. The predicted octanol–water partition coefficient (Wildman–Crippen LogP) is 3.96. The number of ether oxygens (including phenoxy) is 2. The molecule has 0 radical (unpaired) electrons. The Kier molecular flexibility index (Phi) is 4.01. The zero-order valence-electron chi connectivity index (χ0n) is 13.5. The first kappa shape index (κ1) is 15.8. The van der Waals surface area contributed by atoms with Gasteiger partial charge in [-0.25, -0.2) is 0 Å². The third-order valence-corrected chi connectivity index (χ3v) is 4.48. The molecule has 4 rings (SSSR count). The lowest BCUT2D eigenvalue weighted by atomic mass is 10.1. The maximum absolute atomic E-state index is 12.5. The second kappa shape index (κ2) is 6.33. The van der Waals surface area contributed by atoms with Gasteiger partial charge in [0.05, 0.1) is 11.6 Å². The smallest absolute Gasteiger partial charge is 0.287 e. The van der Waals surface area contributed by atoms with Crippen LogP contribution in [-0.4, -0.2) is 25.2 Å². The van der Waals surface area contributed by atoms with Crippen LogP contribution >= 0.6 is 11.6 Å². The van der Waals surface area contributed by atoms with Crippen molar-refractivity contribution in [2.75, 3.05) is 13.2 Å². The molecule has 0 aliphatic carbocycles. The van der Waals surface area contributed by atoms with Crippen molar-refractivity contribution in [3.8, 4) is 11.5 Å². The highest BCUT2D eigenvalue weighted by Gasteiger charge is 2.23. The first-order valence-electron chi connectivity index (χ1n) is 7.98. The van der Waals surface area contributed by atoms with Crippen molar-refractivity contribution in [1.82, 2.24) is 5.32 Å². The third kappa shape index (κ3) is 2.91. The molecule has 0 spiro atoms. The van der Waals surface area contributed by atoms with E-state index in [1.807, 2.05) is 43.3 Å². The number of carbonyl (C=O) groups excluding carboxylic acids is 1. The summed E-state index contributed by atoms with van der Waals surface area (Å²) in [5, 5.41) is 4.16. The van der Waals surface area contributed by atoms with Crippen LogP contribution in [0.5, 0.6) is 11.5 Å². The Hall–Kier alpha value is -2.66. The molecule has 6 heteroatoms.